The Bertz CT molecular complexity index is 750. The van der Waals surface area contributed by atoms with Gasteiger partial charge < -0.3 is 15.8 Å². The zero-order valence-corrected chi connectivity index (χ0v) is 22.7. The molecule has 194 valence electrons. The molecule has 34 heavy (non-hydrogen) atoms. The van der Waals surface area contributed by atoms with Crippen molar-refractivity contribution in [2.24, 2.45) is 52.1 Å². The number of carbonyl (C=O) groups excluding carboxylic acids is 2. The number of fused-ring (bicyclic) bond motifs is 5. The lowest BCUT2D eigenvalue weighted by Crippen LogP contribution is -2.55. The molecule has 0 aromatic rings. The molecule has 0 bridgehead atoms. The van der Waals surface area contributed by atoms with Gasteiger partial charge in [0.2, 0.25) is 5.91 Å². The summed E-state index contributed by atoms with van der Waals surface area (Å²) < 4.78 is 0. The minimum atomic E-state index is 0.0972. The highest BCUT2D eigenvalue weighted by Crippen LogP contribution is 2.68. The molecule has 4 heteroatoms. The van der Waals surface area contributed by atoms with E-state index in [2.05, 4.69) is 26.1 Å². The van der Waals surface area contributed by atoms with Crippen LogP contribution in [0.25, 0.3) is 0 Å². The number of amides is 1. The molecule has 4 rings (SSSR count). The van der Waals surface area contributed by atoms with Crippen molar-refractivity contribution in [3.63, 3.8) is 0 Å². The molecule has 0 aromatic heterocycles. The lowest BCUT2D eigenvalue weighted by molar-refractivity contribution is -0.128. The summed E-state index contributed by atoms with van der Waals surface area (Å²) >= 11 is 0. The van der Waals surface area contributed by atoms with Crippen LogP contribution in [-0.2, 0) is 9.59 Å². The fraction of sp³-hybridized carbons (Fsp3) is 0.933. The summed E-state index contributed by atoms with van der Waals surface area (Å²) in [4.78, 5) is 24.0. The van der Waals surface area contributed by atoms with Crippen LogP contribution in [0.15, 0.2) is 0 Å². The summed E-state index contributed by atoms with van der Waals surface area (Å²) in [7, 11) is 0. The Labute approximate surface area is 209 Å². The first-order valence-electron chi connectivity index (χ1n) is 14.6. The van der Waals surface area contributed by atoms with Gasteiger partial charge in [-0.2, -0.15) is 0 Å². The number of hydrogen-bond donors (Lipinski definition) is 2. The van der Waals surface area contributed by atoms with E-state index >= 15 is 0 Å². The number of nitrogens with two attached hydrogens (primary N) is 1. The quantitative estimate of drug-likeness (QED) is 0.438. The summed E-state index contributed by atoms with van der Waals surface area (Å²) in [5, 5.41) is 3.36. The van der Waals surface area contributed by atoms with Crippen LogP contribution in [0.5, 0.6) is 0 Å². The average molecular weight is 473 g/mol. The summed E-state index contributed by atoms with van der Waals surface area (Å²) in [5.41, 5.74) is 6.78. The third kappa shape index (κ3) is 5.00. The van der Waals surface area contributed by atoms with Crippen molar-refractivity contribution in [3.8, 4) is 0 Å². The summed E-state index contributed by atoms with van der Waals surface area (Å²) in [6.07, 6.45) is 15.1. The second kappa shape index (κ2) is 10.2. The van der Waals surface area contributed by atoms with Crippen LogP contribution < -0.4 is 11.1 Å². The predicted octanol–water partition coefficient (Wildman–Crippen LogP) is 6.26. The molecule has 0 aliphatic heterocycles. The highest BCUT2D eigenvalue weighted by atomic mass is 16.1. The lowest BCUT2D eigenvalue weighted by atomic mass is 9.44. The number of hydrogen-bond acceptors (Lipinski definition) is 3. The van der Waals surface area contributed by atoms with Gasteiger partial charge in [-0.25, -0.2) is 0 Å². The van der Waals surface area contributed by atoms with E-state index in [9.17, 15) is 9.59 Å². The Hall–Kier alpha value is -0.900. The van der Waals surface area contributed by atoms with Crippen LogP contribution in [0.3, 0.4) is 0 Å². The lowest BCUT2D eigenvalue weighted by Gasteiger charge is -2.61. The molecular weight excluding hydrogens is 420 g/mol. The Morgan fingerprint density at radius 1 is 0.912 bits per heavy atom. The van der Waals surface area contributed by atoms with Crippen molar-refractivity contribution in [2.75, 3.05) is 0 Å². The molecule has 3 N–H and O–H groups in total. The van der Waals surface area contributed by atoms with Gasteiger partial charge in [-0.3, -0.25) is 4.79 Å². The highest BCUT2D eigenvalue weighted by molar-refractivity contribution is 5.76. The minimum Gasteiger partial charge on any atom is -0.353 e. The Morgan fingerprint density at radius 3 is 2.32 bits per heavy atom. The minimum absolute atomic E-state index is 0.0972. The van der Waals surface area contributed by atoms with E-state index in [0.717, 1.165) is 55.3 Å². The maximum atomic E-state index is 12.4. The van der Waals surface area contributed by atoms with Gasteiger partial charge in [0.15, 0.2) is 0 Å². The second-order valence-corrected chi connectivity index (χ2v) is 13.7. The second-order valence-electron chi connectivity index (χ2n) is 13.7. The first-order valence-corrected chi connectivity index (χ1v) is 14.6. The molecule has 4 nitrogen and oxygen atoms in total. The van der Waals surface area contributed by atoms with Crippen molar-refractivity contribution in [1.29, 1.82) is 0 Å². The van der Waals surface area contributed by atoms with Gasteiger partial charge >= 0.3 is 0 Å². The Morgan fingerprint density at radius 2 is 1.62 bits per heavy atom. The van der Waals surface area contributed by atoms with Crippen LogP contribution in [0, 0.1) is 46.3 Å². The predicted molar refractivity (Wildman–Crippen MR) is 139 cm³/mol. The summed E-state index contributed by atoms with van der Waals surface area (Å²) in [6.45, 7) is 11.4. The molecule has 4 aliphatic carbocycles. The Kier molecular flexibility index (Phi) is 7.87. The maximum absolute atomic E-state index is 12.4. The van der Waals surface area contributed by atoms with Gasteiger partial charge in [-0.15, -0.1) is 0 Å². The molecule has 10 atom stereocenters. The van der Waals surface area contributed by atoms with E-state index in [4.69, 9.17) is 5.73 Å². The van der Waals surface area contributed by atoms with E-state index in [-0.39, 0.29) is 11.9 Å². The normalized spacial score (nSPS) is 43.2. The van der Waals surface area contributed by atoms with Crippen LogP contribution in [0.1, 0.15) is 118 Å². The van der Waals surface area contributed by atoms with Gasteiger partial charge in [-0.1, -0.05) is 20.8 Å². The monoisotopic (exact) mass is 472 g/mol. The number of carbonyl (C=O) groups is 2. The molecule has 5 unspecified atom stereocenters. The van der Waals surface area contributed by atoms with E-state index in [1.807, 2.05) is 6.92 Å². The van der Waals surface area contributed by atoms with Gasteiger partial charge in [0.05, 0.1) is 0 Å². The van der Waals surface area contributed by atoms with Gasteiger partial charge in [0.25, 0.3) is 0 Å². The number of rotatable bonds is 8. The van der Waals surface area contributed by atoms with Gasteiger partial charge in [0, 0.05) is 24.9 Å². The van der Waals surface area contributed by atoms with E-state index in [1.165, 1.54) is 51.4 Å². The topological polar surface area (TPSA) is 72.2 Å². The first-order chi connectivity index (χ1) is 16.0. The van der Waals surface area contributed by atoms with Gasteiger partial charge in [-0.05, 0) is 131 Å². The third-order valence-corrected chi connectivity index (χ3v) is 11.6. The van der Waals surface area contributed by atoms with Crippen LogP contribution in [0.4, 0.5) is 0 Å². The molecule has 4 fully saturated rings. The summed E-state index contributed by atoms with van der Waals surface area (Å²) in [6, 6.07) is 0.460. The fourth-order valence-electron chi connectivity index (χ4n) is 9.66. The Balaban J connectivity index is 1.39. The first kappa shape index (κ1) is 26.2. The van der Waals surface area contributed by atoms with Crippen LogP contribution in [0.2, 0.25) is 0 Å². The smallest absolute Gasteiger partial charge is 0.220 e. The molecule has 0 spiro atoms. The number of Topliss-reactive ketones (excluding diaryl/α,β-unsaturated/α-hetero) is 1. The largest absolute Gasteiger partial charge is 0.353 e. The fourth-order valence-corrected chi connectivity index (χ4v) is 9.66. The van der Waals surface area contributed by atoms with Crippen molar-refractivity contribution in [3.05, 3.63) is 0 Å². The van der Waals surface area contributed by atoms with Crippen molar-refractivity contribution in [1.82, 2.24) is 5.32 Å². The molecule has 4 aliphatic rings. The molecule has 0 aromatic carbocycles. The highest BCUT2D eigenvalue weighted by Gasteiger charge is 2.60. The van der Waals surface area contributed by atoms with Crippen LogP contribution >= 0.6 is 0 Å². The number of nitrogens with one attached hydrogen (secondary N) is 1. The zero-order chi connectivity index (χ0) is 24.7. The molecule has 0 heterocycles. The van der Waals surface area contributed by atoms with Crippen LogP contribution in [-0.4, -0.2) is 23.8 Å². The van der Waals surface area contributed by atoms with Crippen molar-refractivity contribution < 1.29 is 9.59 Å². The SMILES string of the molecule is CC(=O)CCC(C)C1CCC2C3CC[C@@H]4C[C@@H](NC(=O)CC[C@@H](C)N)CC[C@]4(C)C3CC[C@]12C. The zero-order valence-electron chi connectivity index (χ0n) is 22.7. The standard InChI is InChI=1S/C30H52N2O2/c1-19(6-8-21(3)33)25-11-12-26-24-10-9-22-18-23(32-28(34)13-7-20(2)31)14-16-29(22,4)27(24)15-17-30(25,26)5/h19-20,22-27H,6-18,31H2,1-5H3,(H,32,34)/t19?,20-,22-,23+,24?,25?,26?,27?,29+,30-/m1/s1. The summed E-state index contributed by atoms with van der Waals surface area (Å²) in [5.74, 6) is 5.41. The van der Waals surface area contributed by atoms with E-state index in [0.29, 0.717) is 35.0 Å². The third-order valence-electron chi connectivity index (χ3n) is 11.6. The van der Waals surface area contributed by atoms with Gasteiger partial charge in [0.1, 0.15) is 5.78 Å². The average Bonchev–Trinajstić information content (AvgIpc) is 3.13. The maximum Gasteiger partial charge on any atom is 0.220 e. The van der Waals surface area contributed by atoms with Crippen molar-refractivity contribution in [2.45, 2.75) is 130 Å². The molecule has 0 radical (unpaired) electrons. The molecule has 4 saturated carbocycles. The molecule has 1 amide bonds. The van der Waals surface area contributed by atoms with E-state index < -0.39 is 0 Å². The number of ketones is 1. The van der Waals surface area contributed by atoms with E-state index in [1.54, 1.807) is 6.92 Å². The molecular formula is C30H52N2O2. The molecule has 0 saturated heterocycles. The van der Waals surface area contributed by atoms with Crippen molar-refractivity contribution >= 4 is 11.7 Å².